The SMILES string of the molecule is CCCCN(C)Cc1cn[nH]c1C1CCC(C)(C)C(C(=O)NCc2ccccc2)C1.CCCCN(C)Cc1cn[nH]c1C1CCC(C)(C)C(COCC(C)C)C1.CCCCN(C)Cc1cn[nH]c1C1CCC(C)(C)C(COCC)C1.CNCCN(C)Cc1cn[nH]c1C1CCC(C)(C)C(C(=O)NCCCOC)C1. The Hall–Kier alpha value is -5.32. The van der Waals surface area contributed by atoms with E-state index in [9.17, 15) is 9.59 Å². The molecule has 7 N–H and O–H groups in total. The van der Waals surface area contributed by atoms with E-state index < -0.39 is 0 Å². The van der Waals surface area contributed by atoms with E-state index >= 15 is 0 Å². The molecule has 20 heteroatoms. The molecule has 612 valence electrons. The number of carbonyl (C=O) groups is 2. The van der Waals surface area contributed by atoms with Crippen LogP contribution in [-0.2, 0) is 56.5 Å². The van der Waals surface area contributed by atoms with Crippen molar-refractivity contribution in [2.45, 2.75) is 275 Å². The first-order chi connectivity index (χ1) is 51.6. The van der Waals surface area contributed by atoms with E-state index in [1.165, 1.54) is 122 Å². The van der Waals surface area contributed by atoms with Gasteiger partial charge in [0.15, 0.2) is 0 Å². The summed E-state index contributed by atoms with van der Waals surface area (Å²) in [6.45, 7) is 46.4. The van der Waals surface area contributed by atoms with Crippen LogP contribution < -0.4 is 16.0 Å². The minimum Gasteiger partial charge on any atom is -0.385 e. The number of carbonyl (C=O) groups excluding carboxylic acids is 2. The van der Waals surface area contributed by atoms with Crippen molar-refractivity contribution in [1.82, 2.24) is 76.3 Å². The standard InChI is InChI=1S/C25H38N4O.C22H41N3O.C21H39N5O2.C20H37N3O/c1-5-6-14-29(4)18-21-17-27-28-23(21)20-12-13-25(2,3)22(15-20)24(30)26-16-19-10-8-7-9-11-19;1-7-8-11-25(6)14-19-13-23-24-21(19)18-9-10-22(4,5)20(12-18)16-26-15-17(2)3;1-21(2)8-7-16(13-18(21)20(27)23-9-6-12-28-5)19-17(14-24-25-19)15-26(4)11-10-22-3;1-6-8-11-23(5)14-17-13-21-22-19(17)16-9-10-20(3,4)18(12-16)15-24-7-2/h7-11,17,20,22H,5-6,12-16,18H2,1-4H3,(H,26,30)(H,27,28);13,17-18,20H,7-12,14-16H2,1-6H3,(H,23,24);14,16,18,22H,6-13,15H2,1-5H3,(H,23,27)(H,24,25);13,16,18H,6-12,14-15H2,1-5H3,(H,21,22). The predicted molar refractivity (Wildman–Crippen MR) is 444 cm³/mol. The van der Waals surface area contributed by atoms with E-state index in [0.29, 0.717) is 72.0 Å². The lowest BCUT2D eigenvalue weighted by atomic mass is 9.64. The zero-order chi connectivity index (χ0) is 78.9. The lowest BCUT2D eigenvalue weighted by molar-refractivity contribution is -0.131. The van der Waals surface area contributed by atoms with Gasteiger partial charge < -0.3 is 49.8 Å². The van der Waals surface area contributed by atoms with Crippen molar-refractivity contribution in [1.29, 1.82) is 0 Å². The van der Waals surface area contributed by atoms with Gasteiger partial charge in [-0.2, -0.15) is 20.4 Å². The highest BCUT2D eigenvalue weighted by atomic mass is 16.5. The molecule has 8 unspecified atom stereocenters. The number of unbranched alkanes of at least 4 members (excludes halogenated alkanes) is 3. The van der Waals surface area contributed by atoms with E-state index in [0.717, 1.165) is 136 Å². The number of aromatic amines is 4. The quantitative estimate of drug-likeness (QED) is 0.0182. The summed E-state index contributed by atoms with van der Waals surface area (Å²) < 4.78 is 16.9. The van der Waals surface area contributed by atoms with Crippen LogP contribution in [0, 0.1) is 51.2 Å². The number of rotatable bonds is 39. The molecule has 0 bridgehead atoms. The highest BCUT2D eigenvalue weighted by Crippen LogP contribution is 2.51. The first kappa shape index (κ1) is 91.6. The number of aromatic nitrogens is 8. The van der Waals surface area contributed by atoms with Crippen LogP contribution in [0.5, 0.6) is 0 Å². The zero-order valence-electron chi connectivity index (χ0n) is 71.8. The second kappa shape index (κ2) is 46.6. The summed E-state index contributed by atoms with van der Waals surface area (Å²) in [6.07, 6.45) is 29.8. The van der Waals surface area contributed by atoms with Crippen LogP contribution in [0.15, 0.2) is 55.1 Å². The third kappa shape index (κ3) is 29.7. The van der Waals surface area contributed by atoms with Gasteiger partial charge in [-0.15, -0.1) is 0 Å². The number of amides is 2. The van der Waals surface area contributed by atoms with Gasteiger partial charge in [0, 0.05) is 173 Å². The summed E-state index contributed by atoms with van der Waals surface area (Å²) in [6, 6.07) is 10.1. The molecule has 4 saturated carbocycles. The first-order valence-corrected chi connectivity index (χ1v) is 42.3. The van der Waals surface area contributed by atoms with E-state index in [4.69, 9.17) is 14.2 Å². The number of ether oxygens (including phenoxy) is 3. The van der Waals surface area contributed by atoms with Crippen LogP contribution in [0.2, 0.25) is 0 Å². The molecule has 4 heterocycles. The Balaban J connectivity index is 0.000000226. The highest BCUT2D eigenvalue weighted by Gasteiger charge is 2.45. The van der Waals surface area contributed by atoms with Gasteiger partial charge in [-0.3, -0.25) is 30.0 Å². The third-order valence-corrected chi connectivity index (χ3v) is 24.7. The van der Waals surface area contributed by atoms with E-state index in [1.807, 2.05) is 50.0 Å². The molecule has 0 saturated heterocycles. The predicted octanol–water partition coefficient (Wildman–Crippen LogP) is 16.8. The number of H-pyrrole nitrogens is 4. The average Bonchev–Trinajstić information content (AvgIpc) is 1.46. The Kier molecular flexibility index (Phi) is 39.5. The molecule has 8 atom stereocenters. The lowest BCUT2D eigenvalue weighted by Crippen LogP contribution is -2.43. The molecule has 9 rings (SSSR count). The number of nitrogens with zero attached hydrogens (tertiary/aromatic N) is 8. The molecule has 4 aliphatic carbocycles. The van der Waals surface area contributed by atoms with E-state index in [2.05, 4.69) is 214 Å². The van der Waals surface area contributed by atoms with Gasteiger partial charge in [0.25, 0.3) is 0 Å². The molecular formula is C88H155N15O5. The number of hydrogen-bond acceptors (Lipinski definition) is 14. The molecular weight excluding hydrogens is 1350 g/mol. The number of likely N-dealkylation sites (N-methyl/N-ethyl adjacent to an activating group) is 2. The Morgan fingerprint density at radius 1 is 0.500 bits per heavy atom. The summed E-state index contributed by atoms with van der Waals surface area (Å²) in [4.78, 5) is 35.5. The average molecular weight is 1500 g/mol. The molecule has 108 heavy (non-hydrogen) atoms. The smallest absolute Gasteiger partial charge is 0.223 e. The molecule has 0 radical (unpaired) electrons. The molecule has 20 nitrogen and oxygen atoms in total. The van der Waals surface area contributed by atoms with E-state index in [-0.39, 0.29) is 34.5 Å². The minimum atomic E-state index is 0.00827. The molecule has 0 aliphatic heterocycles. The maximum atomic E-state index is 13.1. The summed E-state index contributed by atoms with van der Waals surface area (Å²) in [7, 11) is 12.4. The van der Waals surface area contributed by atoms with Crippen LogP contribution in [0.1, 0.15) is 293 Å². The van der Waals surface area contributed by atoms with Gasteiger partial charge in [0.05, 0.1) is 24.8 Å². The fourth-order valence-corrected chi connectivity index (χ4v) is 16.9. The van der Waals surface area contributed by atoms with Crippen molar-refractivity contribution in [3.05, 3.63) is 106 Å². The largest absolute Gasteiger partial charge is 0.385 e. The summed E-state index contributed by atoms with van der Waals surface area (Å²) in [5.74, 6) is 4.15. The number of nitrogens with one attached hydrogen (secondary N) is 7. The molecule has 4 aromatic heterocycles. The molecule has 1 aromatic carbocycles. The van der Waals surface area contributed by atoms with Crippen LogP contribution >= 0.6 is 0 Å². The summed E-state index contributed by atoms with van der Waals surface area (Å²) >= 11 is 0. The molecule has 2 amide bonds. The third-order valence-electron chi connectivity index (χ3n) is 24.7. The zero-order valence-corrected chi connectivity index (χ0v) is 71.8. The van der Waals surface area contributed by atoms with Gasteiger partial charge in [0.1, 0.15) is 0 Å². The van der Waals surface area contributed by atoms with Gasteiger partial charge >= 0.3 is 0 Å². The van der Waals surface area contributed by atoms with Crippen LogP contribution in [0.4, 0.5) is 0 Å². The van der Waals surface area contributed by atoms with E-state index in [1.54, 1.807) is 7.11 Å². The Morgan fingerprint density at radius 3 is 1.24 bits per heavy atom. The number of hydrogen-bond donors (Lipinski definition) is 7. The Bertz CT molecular complexity index is 3240. The Labute approximate surface area is 655 Å². The summed E-state index contributed by atoms with van der Waals surface area (Å²) in [5, 5.41) is 40.1. The van der Waals surface area contributed by atoms with Crippen molar-refractivity contribution >= 4 is 11.8 Å². The first-order valence-electron chi connectivity index (χ1n) is 42.3. The van der Waals surface area contributed by atoms with Gasteiger partial charge in [-0.25, -0.2) is 0 Å². The minimum absolute atomic E-state index is 0.00827. The second-order valence-corrected chi connectivity index (χ2v) is 36.1. The van der Waals surface area contributed by atoms with Crippen molar-refractivity contribution in [3.63, 3.8) is 0 Å². The summed E-state index contributed by atoms with van der Waals surface area (Å²) in [5.41, 5.74) is 12.4. The number of benzene rings is 1. The molecule has 4 aliphatic rings. The maximum Gasteiger partial charge on any atom is 0.223 e. The van der Waals surface area contributed by atoms with Crippen LogP contribution in [0.25, 0.3) is 0 Å². The van der Waals surface area contributed by atoms with Crippen molar-refractivity contribution in [2.24, 2.45) is 51.2 Å². The lowest BCUT2D eigenvalue weighted by Gasteiger charge is -2.42. The second-order valence-electron chi connectivity index (χ2n) is 36.1. The highest BCUT2D eigenvalue weighted by molar-refractivity contribution is 5.80. The van der Waals surface area contributed by atoms with Gasteiger partial charge in [-0.05, 0) is 210 Å². The van der Waals surface area contributed by atoms with Gasteiger partial charge in [-0.1, -0.05) is 140 Å². The fourth-order valence-electron chi connectivity index (χ4n) is 16.9. The molecule has 5 aromatic rings. The number of methoxy groups -OCH3 is 1. The van der Waals surface area contributed by atoms with Crippen molar-refractivity contribution < 1.29 is 23.8 Å². The topological polar surface area (TPSA) is 226 Å². The van der Waals surface area contributed by atoms with Gasteiger partial charge in [0.2, 0.25) is 11.8 Å². The Morgan fingerprint density at radius 2 is 0.870 bits per heavy atom. The molecule has 0 spiro atoms. The molecule has 4 fully saturated rings. The van der Waals surface area contributed by atoms with Crippen molar-refractivity contribution in [2.75, 3.05) is 115 Å². The maximum absolute atomic E-state index is 13.1. The van der Waals surface area contributed by atoms with Crippen LogP contribution in [-0.4, -0.2) is 187 Å². The fraction of sp³-hybridized carbons (Fsp3) is 0.773. The van der Waals surface area contributed by atoms with Crippen molar-refractivity contribution in [3.8, 4) is 0 Å². The van der Waals surface area contributed by atoms with Crippen LogP contribution in [0.3, 0.4) is 0 Å². The monoisotopic (exact) mass is 1500 g/mol. The normalized spacial score (nSPS) is 22.3.